The van der Waals surface area contributed by atoms with E-state index in [1.54, 1.807) is 0 Å². The van der Waals surface area contributed by atoms with Crippen LogP contribution in [-0.2, 0) is 14.3 Å². The average molecular weight is 674 g/mol. The molecule has 0 bridgehead atoms. The van der Waals surface area contributed by atoms with Gasteiger partial charge in [-0.25, -0.2) is 9.59 Å². The molecule has 4 aromatic carbocycles. The first kappa shape index (κ1) is 33.4. The SMILES string of the molecule is O=C(NC(CO)NC(=O)[C@H](CC1CCCCC1)NC(=O)OCC1c2ccccc2-c2ccccc21)OCC1c2ccccc2-c2ccccc21. The average Bonchev–Trinajstić information content (AvgIpc) is 3.65. The quantitative estimate of drug-likeness (QED) is 0.129. The standard InChI is InChI=1S/C41H43N3O6/c45-23-38(44-41(48)50-25-36-33-20-10-6-16-29(33)30-17-7-11-21-34(30)36)43-39(46)37(22-26-12-2-1-3-13-26)42-40(47)49-24-35-31-18-8-4-14-27(31)28-15-5-9-19-32(28)35/h4-11,14-21,26,35-38,45H,1-3,12-13,22-25H2,(H,42,47)(H,43,46)(H,44,48)/t37-,38?/m0/s1. The number of carbonyl (C=O) groups is 3. The minimum atomic E-state index is -1.11. The maximum absolute atomic E-state index is 13.6. The van der Waals surface area contributed by atoms with Crippen molar-refractivity contribution < 1.29 is 29.0 Å². The fourth-order valence-corrected chi connectivity index (χ4v) is 7.95. The molecule has 0 radical (unpaired) electrons. The van der Waals surface area contributed by atoms with Crippen molar-refractivity contribution in [2.75, 3.05) is 19.8 Å². The second-order valence-electron chi connectivity index (χ2n) is 13.5. The molecule has 4 N–H and O–H groups in total. The molecule has 0 aliphatic heterocycles. The summed E-state index contributed by atoms with van der Waals surface area (Å²) < 4.78 is 11.4. The van der Waals surface area contributed by atoms with E-state index in [9.17, 15) is 19.5 Å². The number of amides is 3. The van der Waals surface area contributed by atoms with E-state index in [0.29, 0.717) is 6.42 Å². The fourth-order valence-electron chi connectivity index (χ4n) is 7.95. The number of carbonyl (C=O) groups excluding carboxylic acids is 3. The molecule has 1 fully saturated rings. The van der Waals surface area contributed by atoms with Gasteiger partial charge in [0.05, 0.1) is 6.61 Å². The molecule has 3 aliphatic rings. The van der Waals surface area contributed by atoms with Gasteiger partial charge in [-0.1, -0.05) is 129 Å². The Bertz CT molecular complexity index is 1760. The molecule has 0 saturated heterocycles. The van der Waals surface area contributed by atoms with Gasteiger partial charge in [-0.15, -0.1) is 0 Å². The van der Waals surface area contributed by atoms with Crippen molar-refractivity contribution in [1.82, 2.24) is 16.0 Å². The van der Waals surface area contributed by atoms with Gasteiger partial charge in [0.25, 0.3) is 0 Å². The van der Waals surface area contributed by atoms with Crippen LogP contribution in [0.1, 0.15) is 72.6 Å². The van der Waals surface area contributed by atoms with Crippen LogP contribution in [0.4, 0.5) is 9.59 Å². The first-order valence-corrected chi connectivity index (χ1v) is 17.6. The molecular formula is C41H43N3O6. The summed E-state index contributed by atoms with van der Waals surface area (Å²) in [6.07, 6.45) is 3.11. The van der Waals surface area contributed by atoms with Gasteiger partial charge >= 0.3 is 12.2 Å². The molecule has 3 aliphatic carbocycles. The van der Waals surface area contributed by atoms with Gasteiger partial charge in [0.2, 0.25) is 5.91 Å². The minimum Gasteiger partial charge on any atom is -0.449 e. The third-order valence-corrected chi connectivity index (χ3v) is 10.4. The molecule has 1 saturated carbocycles. The highest BCUT2D eigenvalue weighted by molar-refractivity contribution is 5.86. The lowest BCUT2D eigenvalue weighted by Gasteiger charge is -2.28. The summed E-state index contributed by atoms with van der Waals surface area (Å²) in [6.45, 7) is -0.336. The Morgan fingerprint density at radius 3 is 1.46 bits per heavy atom. The Hall–Kier alpha value is -5.15. The first-order valence-electron chi connectivity index (χ1n) is 17.6. The van der Waals surface area contributed by atoms with Gasteiger partial charge < -0.3 is 25.2 Å². The van der Waals surface area contributed by atoms with Crippen LogP contribution < -0.4 is 16.0 Å². The maximum Gasteiger partial charge on any atom is 0.408 e. The zero-order valence-corrected chi connectivity index (χ0v) is 28.0. The van der Waals surface area contributed by atoms with Crippen molar-refractivity contribution in [3.8, 4) is 22.3 Å². The lowest BCUT2D eigenvalue weighted by atomic mass is 9.84. The Morgan fingerprint density at radius 1 is 0.600 bits per heavy atom. The van der Waals surface area contributed by atoms with Gasteiger partial charge in [0.15, 0.2) is 0 Å². The lowest BCUT2D eigenvalue weighted by Crippen LogP contribution is -2.56. The maximum atomic E-state index is 13.6. The largest absolute Gasteiger partial charge is 0.449 e. The molecule has 0 spiro atoms. The predicted octanol–water partition coefficient (Wildman–Crippen LogP) is 6.84. The van der Waals surface area contributed by atoms with E-state index in [0.717, 1.165) is 76.6 Å². The van der Waals surface area contributed by atoms with E-state index in [1.165, 1.54) is 0 Å². The molecular weight excluding hydrogens is 630 g/mol. The molecule has 4 aromatic rings. The number of hydrogen-bond acceptors (Lipinski definition) is 6. The number of benzene rings is 4. The van der Waals surface area contributed by atoms with Crippen LogP contribution in [0.5, 0.6) is 0 Å². The Morgan fingerprint density at radius 2 is 1.02 bits per heavy atom. The Kier molecular flexibility index (Phi) is 10.1. The number of rotatable bonds is 11. The number of aliphatic hydroxyl groups excluding tert-OH is 1. The van der Waals surface area contributed by atoms with Crippen molar-refractivity contribution in [2.45, 2.75) is 62.6 Å². The highest BCUT2D eigenvalue weighted by Crippen LogP contribution is 2.45. The highest BCUT2D eigenvalue weighted by atomic mass is 16.6. The van der Waals surface area contributed by atoms with E-state index in [1.807, 2.05) is 60.7 Å². The first-order chi connectivity index (χ1) is 24.5. The topological polar surface area (TPSA) is 126 Å². The van der Waals surface area contributed by atoms with Crippen LogP contribution in [0.15, 0.2) is 97.1 Å². The van der Waals surface area contributed by atoms with Crippen molar-refractivity contribution in [3.05, 3.63) is 119 Å². The summed E-state index contributed by atoms with van der Waals surface area (Å²) in [5, 5.41) is 18.2. The Balaban J connectivity index is 0.968. The summed E-state index contributed by atoms with van der Waals surface area (Å²) in [4.78, 5) is 39.8. The van der Waals surface area contributed by atoms with Crippen LogP contribution in [0, 0.1) is 5.92 Å². The van der Waals surface area contributed by atoms with Gasteiger partial charge in [-0.2, -0.15) is 0 Å². The zero-order chi connectivity index (χ0) is 34.5. The minimum absolute atomic E-state index is 0.0968. The number of fused-ring (bicyclic) bond motifs is 6. The van der Waals surface area contributed by atoms with E-state index in [2.05, 4.69) is 52.3 Å². The van der Waals surface area contributed by atoms with Crippen molar-refractivity contribution >= 4 is 18.1 Å². The van der Waals surface area contributed by atoms with Gasteiger partial charge in [0.1, 0.15) is 25.4 Å². The predicted molar refractivity (Wildman–Crippen MR) is 190 cm³/mol. The molecule has 258 valence electrons. The van der Waals surface area contributed by atoms with Crippen LogP contribution in [-0.4, -0.2) is 55.2 Å². The van der Waals surface area contributed by atoms with E-state index < -0.39 is 36.9 Å². The van der Waals surface area contributed by atoms with E-state index in [-0.39, 0.29) is 31.0 Å². The second kappa shape index (κ2) is 15.2. The molecule has 7 rings (SSSR count). The number of nitrogens with one attached hydrogen (secondary N) is 3. The third kappa shape index (κ3) is 7.09. The molecule has 2 atom stereocenters. The van der Waals surface area contributed by atoms with E-state index >= 15 is 0 Å². The molecule has 50 heavy (non-hydrogen) atoms. The summed E-state index contributed by atoms with van der Waals surface area (Å²) in [5.41, 5.74) is 8.86. The molecule has 3 amide bonds. The van der Waals surface area contributed by atoms with Crippen molar-refractivity contribution in [1.29, 1.82) is 0 Å². The normalized spacial score (nSPS) is 16.3. The van der Waals surface area contributed by atoms with Crippen molar-refractivity contribution in [2.24, 2.45) is 5.92 Å². The molecule has 0 heterocycles. The Labute approximate surface area is 292 Å². The summed E-state index contributed by atoms with van der Waals surface area (Å²) in [7, 11) is 0. The number of alkyl carbamates (subject to hydrolysis) is 2. The van der Waals surface area contributed by atoms with Crippen LogP contribution in [0.25, 0.3) is 22.3 Å². The number of hydrogen-bond donors (Lipinski definition) is 4. The van der Waals surface area contributed by atoms with Crippen LogP contribution in [0.3, 0.4) is 0 Å². The molecule has 1 unspecified atom stereocenters. The highest BCUT2D eigenvalue weighted by Gasteiger charge is 2.32. The molecule has 9 nitrogen and oxygen atoms in total. The fraction of sp³-hybridized carbons (Fsp3) is 0.341. The van der Waals surface area contributed by atoms with Gasteiger partial charge in [-0.05, 0) is 56.8 Å². The summed E-state index contributed by atoms with van der Waals surface area (Å²) in [6, 6.07) is 31.4. The van der Waals surface area contributed by atoms with Gasteiger partial charge in [-0.3, -0.25) is 10.1 Å². The van der Waals surface area contributed by atoms with E-state index in [4.69, 9.17) is 9.47 Å². The lowest BCUT2D eigenvalue weighted by molar-refractivity contribution is -0.124. The van der Waals surface area contributed by atoms with Crippen molar-refractivity contribution in [3.63, 3.8) is 0 Å². The second-order valence-corrected chi connectivity index (χ2v) is 13.5. The number of aliphatic hydroxyl groups is 1. The summed E-state index contributed by atoms with van der Waals surface area (Å²) in [5.74, 6) is -0.492. The van der Waals surface area contributed by atoms with Crippen LogP contribution >= 0.6 is 0 Å². The van der Waals surface area contributed by atoms with Gasteiger partial charge in [0, 0.05) is 11.8 Å². The zero-order valence-electron chi connectivity index (χ0n) is 28.0. The molecule has 9 heteroatoms. The van der Waals surface area contributed by atoms with Crippen LogP contribution in [0.2, 0.25) is 0 Å². The number of ether oxygens (including phenoxy) is 2. The summed E-state index contributed by atoms with van der Waals surface area (Å²) >= 11 is 0. The monoisotopic (exact) mass is 673 g/mol. The third-order valence-electron chi connectivity index (χ3n) is 10.4. The molecule has 0 aromatic heterocycles. The smallest absolute Gasteiger partial charge is 0.408 e.